The number of halogens is 1. The Morgan fingerprint density at radius 2 is 1.80 bits per heavy atom. The fraction of sp³-hybridized carbons (Fsp3) is 0.167. The van der Waals surface area contributed by atoms with Gasteiger partial charge in [0.05, 0.1) is 12.2 Å². The second-order valence-corrected chi connectivity index (χ2v) is 8.97. The van der Waals surface area contributed by atoms with Crippen LogP contribution in [0.2, 0.25) is 0 Å². The first kappa shape index (κ1) is 16.4. The number of benzene rings is 2. The molecule has 0 aliphatic carbocycles. The Bertz CT molecular complexity index is 985. The molecule has 0 radical (unpaired) electrons. The van der Waals surface area contributed by atoms with Gasteiger partial charge in [0.15, 0.2) is 4.21 Å². The Morgan fingerprint density at radius 3 is 2.44 bits per heavy atom. The molecule has 1 atom stereocenters. The highest BCUT2D eigenvalue weighted by atomic mass is 32.2. The van der Waals surface area contributed by atoms with E-state index in [0.29, 0.717) is 17.1 Å². The van der Waals surface area contributed by atoms with Gasteiger partial charge in [-0.25, -0.2) is 17.8 Å². The number of thiazole rings is 1. The molecule has 1 saturated heterocycles. The van der Waals surface area contributed by atoms with Crippen LogP contribution in [0.4, 0.5) is 4.39 Å². The number of rotatable bonds is 4. The minimum absolute atomic E-state index is 0.123. The SMILES string of the molecule is O=S(=O)(c1cnc(-c2ccc(F)cc2)s1)N1CCC1c1ccccc1. The summed E-state index contributed by atoms with van der Waals surface area (Å²) in [6.07, 6.45) is 2.20. The molecule has 0 spiro atoms. The molecule has 128 valence electrons. The van der Waals surface area contributed by atoms with Crippen LogP contribution >= 0.6 is 11.3 Å². The van der Waals surface area contributed by atoms with Crippen molar-refractivity contribution in [3.63, 3.8) is 0 Å². The van der Waals surface area contributed by atoms with Gasteiger partial charge in [0.2, 0.25) is 0 Å². The van der Waals surface area contributed by atoms with Crippen LogP contribution in [0, 0.1) is 5.82 Å². The predicted molar refractivity (Wildman–Crippen MR) is 95.2 cm³/mol. The first-order valence-corrected chi connectivity index (χ1v) is 10.1. The predicted octanol–water partition coefficient (Wildman–Crippen LogP) is 4.08. The molecule has 1 aliphatic rings. The van der Waals surface area contributed by atoms with E-state index in [4.69, 9.17) is 0 Å². The van der Waals surface area contributed by atoms with Crippen LogP contribution in [0.5, 0.6) is 0 Å². The van der Waals surface area contributed by atoms with E-state index in [2.05, 4.69) is 4.98 Å². The van der Waals surface area contributed by atoms with E-state index in [1.165, 1.54) is 22.6 Å². The van der Waals surface area contributed by atoms with E-state index >= 15 is 0 Å². The Kier molecular flexibility index (Phi) is 4.15. The first-order chi connectivity index (χ1) is 12.1. The van der Waals surface area contributed by atoms with Crippen molar-refractivity contribution in [1.29, 1.82) is 0 Å². The van der Waals surface area contributed by atoms with Gasteiger partial charge in [-0.15, -0.1) is 11.3 Å². The average Bonchev–Trinajstić information content (AvgIpc) is 3.06. The van der Waals surface area contributed by atoms with Crippen molar-refractivity contribution in [2.75, 3.05) is 6.54 Å². The van der Waals surface area contributed by atoms with Gasteiger partial charge < -0.3 is 0 Å². The molecule has 1 aliphatic heterocycles. The highest BCUT2D eigenvalue weighted by Gasteiger charge is 2.40. The maximum absolute atomic E-state index is 13.0. The summed E-state index contributed by atoms with van der Waals surface area (Å²) < 4.78 is 40.6. The average molecular weight is 374 g/mol. The van der Waals surface area contributed by atoms with Crippen molar-refractivity contribution in [1.82, 2.24) is 9.29 Å². The number of hydrogen-bond donors (Lipinski definition) is 0. The maximum atomic E-state index is 13.0. The summed E-state index contributed by atoms with van der Waals surface area (Å²) in [7, 11) is -3.58. The smallest absolute Gasteiger partial charge is 0.243 e. The topological polar surface area (TPSA) is 50.3 Å². The van der Waals surface area contributed by atoms with E-state index in [0.717, 1.165) is 23.3 Å². The summed E-state index contributed by atoms with van der Waals surface area (Å²) in [6.45, 7) is 0.506. The van der Waals surface area contributed by atoms with Crippen LogP contribution in [0.25, 0.3) is 10.6 Å². The molecule has 4 rings (SSSR count). The van der Waals surface area contributed by atoms with Crippen LogP contribution in [0.15, 0.2) is 65.0 Å². The largest absolute Gasteiger partial charge is 0.254 e. The fourth-order valence-electron chi connectivity index (χ4n) is 2.88. The third-order valence-corrected chi connectivity index (χ3v) is 7.68. The van der Waals surface area contributed by atoms with Crippen molar-refractivity contribution in [2.45, 2.75) is 16.7 Å². The fourth-order valence-corrected chi connectivity index (χ4v) is 5.81. The standard InChI is InChI=1S/C18H15FN2O2S2/c19-15-8-6-14(7-9-15)18-20-12-17(24-18)25(22,23)21-11-10-16(21)13-4-2-1-3-5-13/h1-9,12,16H,10-11H2. The van der Waals surface area contributed by atoms with Crippen LogP contribution in [-0.2, 0) is 10.0 Å². The van der Waals surface area contributed by atoms with Gasteiger partial charge in [-0.3, -0.25) is 0 Å². The molecular weight excluding hydrogens is 359 g/mol. The van der Waals surface area contributed by atoms with Crippen molar-refractivity contribution in [2.24, 2.45) is 0 Å². The normalized spacial score (nSPS) is 18.0. The summed E-state index contributed by atoms with van der Waals surface area (Å²) >= 11 is 1.11. The van der Waals surface area contributed by atoms with Crippen LogP contribution in [0.1, 0.15) is 18.0 Å². The van der Waals surface area contributed by atoms with Gasteiger partial charge in [-0.05, 0) is 36.2 Å². The lowest BCUT2D eigenvalue weighted by atomic mass is 9.98. The number of aromatic nitrogens is 1. The Labute approximate surface area is 149 Å². The Hall–Kier alpha value is -2.09. The quantitative estimate of drug-likeness (QED) is 0.691. The molecule has 1 unspecified atom stereocenters. The van der Waals surface area contributed by atoms with E-state index in [1.54, 1.807) is 12.1 Å². The number of nitrogens with zero attached hydrogens (tertiary/aromatic N) is 2. The molecule has 25 heavy (non-hydrogen) atoms. The van der Waals surface area contributed by atoms with Crippen LogP contribution < -0.4 is 0 Å². The van der Waals surface area contributed by atoms with Gasteiger partial charge in [-0.2, -0.15) is 4.31 Å². The molecule has 7 heteroatoms. The summed E-state index contributed by atoms with van der Waals surface area (Å²) in [6, 6.07) is 15.4. The summed E-state index contributed by atoms with van der Waals surface area (Å²) in [5, 5.41) is 0.565. The molecule has 2 heterocycles. The number of sulfonamides is 1. The van der Waals surface area contributed by atoms with Gasteiger partial charge in [-0.1, -0.05) is 30.3 Å². The van der Waals surface area contributed by atoms with Gasteiger partial charge in [0, 0.05) is 12.1 Å². The highest BCUT2D eigenvalue weighted by Crippen LogP contribution is 2.40. The molecule has 0 bridgehead atoms. The lowest BCUT2D eigenvalue weighted by Gasteiger charge is -2.39. The van der Waals surface area contributed by atoms with Crippen molar-refractivity contribution in [3.05, 3.63) is 72.2 Å². The highest BCUT2D eigenvalue weighted by molar-refractivity contribution is 7.91. The van der Waals surface area contributed by atoms with Crippen molar-refractivity contribution < 1.29 is 12.8 Å². The van der Waals surface area contributed by atoms with Crippen LogP contribution in [0.3, 0.4) is 0 Å². The van der Waals surface area contributed by atoms with E-state index in [9.17, 15) is 12.8 Å². The second-order valence-electron chi connectivity index (χ2n) is 5.82. The molecule has 4 nitrogen and oxygen atoms in total. The third-order valence-electron chi connectivity index (χ3n) is 4.29. The minimum atomic E-state index is -3.58. The van der Waals surface area contributed by atoms with Gasteiger partial charge in [0.25, 0.3) is 10.0 Å². The number of hydrogen-bond acceptors (Lipinski definition) is 4. The van der Waals surface area contributed by atoms with E-state index in [-0.39, 0.29) is 16.1 Å². The molecule has 1 fully saturated rings. The van der Waals surface area contributed by atoms with Crippen LogP contribution in [-0.4, -0.2) is 24.3 Å². The minimum Gasteiger partial charge on any atom is -0.243 e. The van der Waals surface area contributed by atoms with Gasteiger partial charge >= 0.3 is 0 Å². The maximum Gasteiger partial charge on any atom is 0.254 e. The molecule has 0 amide bonds. The zero-order valence-corrected chi connectivity index (χ0v) is 14.8. The molecule has 1 aromatic heterocycles. The van der Waals surface area contributed by atoms with Crippen molar-refractivity contribution >= 4 is 21.4 Å². The Balaban J connectivity index is 1.62. The zero-order valence-electron chi connectivity index (χ0n) is 13.2. The molecule has 2 aromatic carbocycles. The second kappa shape index (κ2) is 6.33. The molecule has 3 aromatic rings. The zero-order chi connectivity index (χ0) is 17.4. The lowest BCUT2D eigenvalue weighted by Crippen LogP contribution is -2.44. The third kappa shape index (κ3) is 2.99. The van der Waals surface area contributed by atoms with Crippen molar-refractivity contribution in [3.8, 4) is 10.6 Å². The monoisotopic (exact) mass is 374 g/mol. The summed E-state index contributed by atoms with van der Waals surface area (Å²) in [5.41, 5.74) is 1.71. The van der Waals surface area contributed by atoms with Gasteiger partial charge in [0.1, 0.15) is 10.8 Å². The molecule has 0 saturated carbocycles. The lowest BCUT2D eigenvalue weighted by molar-refractivity contribution is 0.202. The molecule has 0 N–H and O–H groups in total. The van der Waals surface area contributed by atoms with E-state index < -0.39 is 10.0 Å². The molecular formula is C18H15FN2O2S2. The Morgan fingerprint density at radius 1 is 1.08 bits per heavy atom. The summed E-state index contributed by atoms with van der Waals surface area (Å²) in [4.78, 5) is 4.21. The summed E-state index contributed by atoms with van der Waals surface area (Å²) in [5.74, 6) is -0.334. The first-order valence-electron chi connectivity index (χ1n) is 7.84. The van der Waals surface area contributed by atoms with E-state index in [1.807, 2.05) is 30.3 Å².